The molecule has 1 aliphatic rings. The third kappa shape index (κ3) is 4.71. The van der Waals surface area contributed by atoms with Gasteiger partial charge in [-0.15, -0.1) is 0 Å². The second kappa shape index (κ2) is 8.76. The van der Waals surface area contributed by atoms with Crippen molar-refractivity contribution in [3.05, 3.63) is 29.8 Å². The van der Waals surface area contributed by atoms with Gasteiger partial charge in [0.05, 0.1) is 20.3 Å². The predicted octanol–water partition coefficient (Wildman–Crippen LogP) is 1.77. The van der Waals surface area contributed by atoms with Crippen molar-refractivity contribution in [1.29, 1.82) is 0 Å². The van der Waals surface area contributed by atoms with Crippen molar-refractivity contribution in [2.75, 3.05) is 46.5 Å². The van der Waals surface area contributed by atoms with Crippen LogP contribution in [0.25, 0.3) is 0 Å². The number of para-hydroxylation sites is 1. The molecule has 0 saturated carbocycles. The Bertz CT molecular complexity index is 473. The normalized spacial score (nSPS) is 15.5. The van der Waals surface area contributed by atoms with Crippen LogP contribution >= 0.6 is 0 Å². The number of amides is 1. The zero-order valence-electron chi connectivity index (χ0n) is 13.6. The summed E-state index contributed by atoms with van der Waals surface area (Å²) < 4.78 is 10.8. The van der Waals surface area contributed by atoms with Gasteiger partial charge in [-0.1, -0.05) is 25.1 Å². The lowest BCUT2D eigenvalue weighted by Crippen LogP contribution is -2.42. The summed E-state index contributed by atoms with van der Waals surface area (Å²) in [7, 11) is 1.67. The minimum Gasteiger partial charge on any atom is -0.496 e. The molecule has 5 nitrogen and oxygen atoms in total. The van der Waals surface area contributed by atoms with Gasteiger partial charge in [0.15, 0.2) is 0 Å². The molecule has 1 saturated heterocycles. The van der Waals surface area contributed by atoms with Crippen molar-refractivity contribution in [2.24, 2.45) is 0 Å². The Morgan fingerprint density at radius 1 is 1.32 bits per heavy atom. The van der Waals surface area contributed by atoms with Crippen LogP contribution < -0.4 is 4.74 Å². The summed E-state index contributed by atoms with van der Waals surface area (Å²) in [6.45, 7) is 7.61. The first kappa shape index (κ1) is 16.8. The van der Waals surface area contributed by atoms with Crippen molar-refractivity contribution < 1.29 is 14.3 Å². The van der Waals surface area contributed by atoms with Crippen LogP contribution in [0.5, 0.6) is 5.75 Å². The van der Waals surface area contributed by atoms with E-state index in [1.54, 1.807) is 7.11 Å². The zero-order valence-corrected chi connectivity index (χ0v) is 13.6. The molecule has 1 aromatic rings. The van der Waals surface area contributed by atoms with Crippen LogP contribution in [0.15, 0.2) is 24.3 Å². The number of methoxy groups -OCH3 is 1. The van der Waals surface area contributed by atoms with Gasteiger partial charge in [-0.3, -0.25) is 9.69 Å². The van der Waals surface area contributed by atoms with E-state index in [-0.39, 0.29) is 5.91 Å². The highest BCUT2D eigenvalue weighted by molar-refractivity contribution is 5.75. The Morgan fingerprint density at radius 2 is 2.05 bits per heavy atom. The smallest absolute Gasteiger partial charge is 0.222 e. The van der Waals surface area contributed by atoms with Crippen molar-refractivity contribution in [1.82, 2.24) is 9.80 Å². The van der Waals surface area contributed by atoms with E-state index in [2.05, 4.69) is 4.90 Å². The summed E-state index contributed by atoms with van der Waals surface area (Å²) in [5, 5.41) is 0. The van der Waals surface area contributed by atoms with Crippen LogP contribution in [0.2, 0.25) is 0 Å². The highest BCUT2D eigenvalue weighted by atomic mass is 16.5. The van der Waals surface area contributed by atoms with Crippen molar-refractivity contribution in [3.63, 3.8) is 0 Å². The van der Waals surface area contributed by atoms with E-state index in [0.29, 0.717) is 13.0 Å². The lowest BCUT2D eigenvalue weighted by atomic mass is 10.2. The lowest BCUT2D eigenvalue weighted by Gasteiger charge is -2.30. The molecular weight excluding hydrogens is 280 g/mol. The molecule has 1 fully saturated rings. The van der Waals surface area contributed by atoms with E-state index in [9.17, 15) is 4.79 Å². The molecule has 0 radical (unpaired) electrons. The highest BCUT2D eigenvalue weighted by Gasteiger charge is 2.17. The van der Waals surface area contributed by atoms with Crippen LogP contribution in [0, 0.1) is 0 Å². The molecule has 0 unspecified atom stereocenters. The second-order valence-electron chi connectivity index (χ2n) is 5.43. The summed E-state index contributed by atoms with van der Waals surface area (Å²) in [5.41, 5.74) is 1.05. The number of benzene rings is 1. The zero-order chi connectivity index (χ0) is 15.8. The van der Waals surface area contributed by atoms with Gasteiger partial charge in [-0.25, -0.2) is 0 Å². The number of carbonyl (C=O) groups is 1. The predicted molar refractivity (Wildman–Crippen MR) is 86.0 cm³/mol. The summed E-state index contributed by atoms with van der Waals surface area (Å²) in [4.78, 5) is 16.5. The van der Waals surface area contributed by atoms with E-state index >= 15 is 0 Å². The topological polar surface area (TPSA) is 42.0 Å². The Balaban J connectivity index is 1.97. The second-order valence-corrected chi connectivity index (χ2v) is 5.43. The third-order valence-electron chi connectivity index (χ3n) is 4.00. The molecule has 1 heterocycles. The van der Waals surface area contributed by atoms with Crippen LogP contribution in [-0.4, -0.2) is 62.2 Å². The van der Waals surface area contributed by atoms with Crippen LogP contribution in [-0.2, 0) is 16.1 Å². The first-order valence-corrected chi connectivity index (χ1v) is 7.94. The number of ether oxygens (including phenoxy) is 2. The standard InChI is InChI=1S/C17H26N2O3/c1-3-17(20)19(9-8-18-10-12-22-13-11-18)14-15-6-4-5-7-16(15)21-2/h4-7H,3,8-14H2,1-2H3. The van der Waals surface area contributed by atoms with Gasteiger partial charge in [-0.05, 0) is 6.07 Å². The van der Waals surface area contributed by atoms with E-state index in [1.165, 1.54) is 0 Å². The number of hydrogen-bond donors (Lipinski definition) is 0. The largest absolute Gasteiger partial charge is 0.496 e. The molecule has 0 aliphatic carbocycles. The number of rotatable bonds is 7. The molecule has 0 bridgehead atoms. The molecule has 122 valence electrons. The van der Waals surface area contributed by atoms with Crippen LogP contribution in [0.1, 0.15) is 18.9 Å². The van der Waals surface area contributed by atoms with Gasteiger partial charge >= 0.3 is 0 Å². The number of morpholine rings is 1. The number of hydrogen-bond acceptors (Lipinski definition) is 4. The van der Waals surface area contributed by atoms with E-state index < -0.39 is 0 Å². The maximum absolute atomic E-state index is 12.2. The molecule has 22 heavy (non-hydrogen) atoms. The van der Waals surface area contributed by atoms with Crippen LogP contribution in [0.4, 0.5) is 0 Å². The van der Waals surface area contributed by atoms with E-state index in [1.807, 2.05) is 36.1 Å². The Hall–Kier alpha value is -1.59. The first-order valence-electron chi connectivity index (χ1n) is 7.94. The van der Waals surface area contributed by atoms with Gasteiger partial charge < -0.3 is 14.4 Å². The molecule has 1 amide bonds. The monoisotopic (exact) mass is 306 g/mol. The molecule has 0 aromatic heterocycles. The fourth-order valence-corrected chi connectivity index (χ4v) is 2.64. The van der Waals surface area contributed by atoms with E-state index in [0.717, 1.165) is 50.7 Å². The molecular formula is C17H26N2O3. The van der Waals surface area contributed by atoms with Crippen LogP contribution in [0.3, 0.4) is 0 Å². The average Bonchev–Trinajstić information content (AvgIpc) is 2.59. The maximum Gasteiger partial charge on any atom is 0.222 e. The summed E-state index contributed by atoms with van der Waals surface area (Å²) in [5.74, 6) is 1.02. The minimum atomic E-state index is 0.180. The quantitative estimate of drug-likeness (QED) is 0.770. The lowest BCUT2D eigenvalue weighted by molar-refractivity contribution is -0.131. The SMILES string of the molecule is CCC(=O)N(CCN1CCOCC1)Cc1ccccc1OC. The molecule has 0 N–H and O–H groups in total. The first-order chi connectivity index (χ1) is 10.7. The van der Waals surface area contributed by atoms with Gasteiger partial charge in [0.1, 0.15) is 5.75 Å². The van der Waals surface area contributed by atoms with Crippen molar-refractivity contribution in [3.8, 4) is 5.75 Å². The van der Waals surface area contributed by atoms with Crippen molar-refractivity contribution >= 4 is 5.91 Å². The average molecular weight is 306 g/mol. The Kier molecular flexibility index (Phi) is 6.68. The van der Waals surface area contributed by atoms with Gasteiger partial charge in [-0.2, -0.15) is 0 Å². The molecule has 1 aliphatic heterocycles. The van der Waals surface area contributed by atoms with Crippen molar-refractivity contribution in [2.45, 2.75) is 19.9 Å². The fraction of sp³-hybridized carbons (Fsp3) is 0.588. The summed E-state index contributed by atoms with van der Waals surface area (Å²) in [6, 6.07) is 7.88. The molecule has 5 heteroatoms. The van der Waals surface area contributed by atoms with Gasteiger partial charge in [0.25, 0.3) is 0 Å². The van der Waals surface area contributed by atoms with Gasteiger partial charge in [0.2, 0.25) is 5.91 Å². The highest BCUT2D eigenvalue weighted by Crippen LogP contribution is 2.19. The molecule has 0 spiro atoms. The molecule has 2 rings (SSSR count). The maximum atomic E-state index is 12.2. The Morgan fingerprint density at radius 3 is 2.73 bits per heavy atom. The van der Waals surface area contributed by atoms with E-state index in [4.69, 9.17) is 9.47 Å². The molecule has 0 atom stereocenters. The Labute approximate surface area is 132 Å². The number of nitrogens with zero attached hydrogens (tertiary/aromatic N) is 2. The van der Waals surface area contributed by atoms with Gasteiger partial charge in [0, 0.05) is 44.7 Å². The third-order valence-corrected chi connectivity index (χ3v) is 4.00. The molecule has 1 aromatic carbocycles. The fourth-order valence-electron chi connectivity index (χ4n) is 2.64. The number of carbonyl (C=O) groups excluding carboxylic acids is 1. The minimum absolute atomic E-state index is 0.180. The summed E-state index contributed by atoms with van der Waals surface area (Å²) in [6.07, 6.45) is 0.526. The summed E-state index contributed by atoms with van der Waals surface area (Å²) >= 11 is 0.